The molecule has 1 N–H and O–H groups in total. The van der Waals surface area contributed by atoms with E-state index >= 15 is 0 Å². The third-order valence-electron chi connectivity index (χ3n) is 1.97. The quantitative estimate of drug-likeness (QED) is 0.709. The van der Waals surface area contributed by atoms with E-state index in [4.69, 9.17) is 0 Å². The molecule has 0 saturated carbocycles. The van der Waals surface area contributed by atoms with Gasteiger partial charge in [0.25, 0.3) is 5.91 Å². The molecule has 0 aliphatic rings. The molecule has 1 heterocycles. The molecule has 1 aromatic rings. The fraction of sp³-hybridized carbons (Fsp3) is 0.364. The van der Waals surface area contributed by atoms with Crippen molar-refractivity contribution in [2.45, 2.75) is 19.9 Å². The second-order valence-electron chi connectivity index (χ2n) is 3.02. The maximum absolute atomic E-state index is 11.5. The van der Waals surface area contributed by atoms with E-state index in [-0.39, 0.29) is 5.91 Å². The zero-order valence-corrected chi connectivity index (χ0v) is 8.49. The Balaban J connectivity index is 2.70. The fourth-order valence-electron chi connectivity index (χ4n) is 1.30. The van der Waals surface area contributed by atoms with E-state index in [1.165, 1.54) is 0 Å². The van der Waals surface area contributed by atoms with Gasteiger partial charge in [-0.3, -0.25) is 4.79 Å². The van der Waals surface area contributed by atoms with Crippen molar-refractivity contribution in [2.75, 3.05) is 6.54 Å². The highest BCUT2D eigenvalue weighted by Crippen LogP contribution is 2.03. The number of amides is 1. The molecule has 1 aromatic heterocycles. The predicted octanol–water partition coefficient (Wildman–Crippen LogP) is 1.81. The van der Waals surface area contributed by atoms with E-state index in [2.05, 4.69) is 11.9 Å². The van der Waals surface area contributed by atoms with E-state index in [9.17, 15) is 4.79 Å². The first kappa shape index (κ1) is 10.6. The van der Waals surface area contributed by atoms with Gasteiger partial charge in [-0.25, -0.2) is 0 Å². The van der Waals surface area contributed by atoms with E-state index in [1.807, 2.05) is 35.9 Å². The smallest absolute Gasteiger partial charge is 0.267 e. The highest BCUT2D eigenvalue weighted by molar-refractivity contribution is 5.92. The average molecular weight is 192 g/mol. The highest BCUT2D eigenvalue weighted by atomic mass is 16.1. The zero-order valence-electron chi connectivity index (χ0n) is 8.49. The number of hydrogen-bond acceptors (Lipinski definition) is 1. The number of carbonyl (C=O) groups is 1. The summed E-state index contributed by atoms with van der Waals surface area (Å²) in [6.45, 7) is 7.04. The van der Waals surface area contributed by atoms with Gasteiger partial charge in [0.15, 0.2) is 0 Å². The van der Waals surface area contributed by atoms with Gasteiger partial charge < -0.3 is 9.88 Å². The molecule has 0 fully saturated rings. The molecule has 76 valence electrons. The van der Waals surface area contributed by atoms with E-state index < -0.39 is 0 Å². The van der Waals surface area contributed by atoms with Crippen LogP contribution in [0.15, 0.2) is 31.0 Å². The number of aromatic nitrogens is 1. The van der Waals surface area contributed by atoms with Gasteiger partial charge in [0.2, 0.25) is 0 Å². The van der Waals surface area contributed by atoms with E-state index in [0.29, 0.717) is 12.2 Å². The summed E-state index contributed by atoms with van der Waals surface area (Å²) in [5.41, 5.74) is 0.716. The van der Waals surface area contributed by atoms with Crippen LogP contribution < -0.4 is 5.32 Å². The predicted molar refractivity (Wildman–Crippen MR) is 57.3 cm³/mol. The van der Waals surface area contributed by atoms with Crippen molar-refractivity contribution >= 4 is 5.91 Å². The molecule has 0 aromatic carbocycles. The van der Waals surface area contributed by atoms with Crippen molar-refractivity contribution in [2.24, 2.45) is 0 Å². The second-order valence-corrected chi connectivity index (χ2v) is 3.02. The Morgan fingerprint density at radius 2 is 2.50 bits per heavy atom. The van der Waals surface area contributed by atoms with Gasteiger partial charge in [0.1, 0.15) is 5.69 Å². The summed E-state index contributed by atoms with van der Waals surface area (Å²) in [7, 11) is 0. The van der Waals surface area contributed by atoms with Crippen molar-refractivity contribution in [3.8, 4) is 0 Å². The minimum absolute atomic E-state index is 0.0124. The van der Waals surface area contributed by atoms with E-state index in [0.717, 1.165) is 13.0 Å². The van der Waals surface area contributed by atoms with Crippen LogP contribution in [0.2, 0.25) is 0 Å². The van der Waals surface area contributed by atoms with Crippen LogP contribution in [-0.2, 0) is 6.54 Å². The summed E-state index contributed by atoms with van der Waals surface area (Å²) in [5.74, 6) is -0.0124. The van der Waals surface area contributed by atoms with Gasteiger partial charge >= 0.3 is 0 Å². The van der Waals surface area contributed by atoms with Crippen molar-refractivity contribution < 1.29 is 4.79 Å². The van der Waals surface area contributed by atoms with Gasteiger partial charge in [-0.1, -0.05) is 6.08 Å². The number of nitrogens with one attached hydrogen (secondary N) is 1. The fourth-order valence-corrected chi connectivity index (χ4v) is 1.30. The van der Waals surface area contributed by atoms with Crippen LogP contribution in [0.1, 0.15) is 23.8 Å². The van der Waals surface area contributed by atoms with Crippen LogP contribution in [0.25, 0.3) is 0 Å². The van der Waals surface area contributed by atoms with E-state index in [1.54, 1.807) is 0 Å². The SMILES string of the molecule is C=CCCn1cccc1C(=O)NCC. The summed E-state index contributed by atoms with van der Waals surface area (Å²) in [6.07, 6.45) is 4.64. The molecule has 1 amide bonds. The lowest BCUT2D eigenvalue weighted by Crippen LogP contribution is -2.25. The minimum atomic E-state index is -0.0124. The molecule has 0 saturated heterocycles. The summed E-state index contributed by atoms with van der Waals surface area (Å²) in [5, 5.41) is 2.78. The zero-order chi connectivity index (χ0) is 10.4. The van der Waals surface area contributed by atoms with Crippen LogP contribution in [0.5, 0.6) is 0 Å². The van der Waals surface area contributed by atoms with Crippen LogP contribution in [0.4, 0.5) is 0 Å². The van der Waals surface area contributed by atoms with Crippen LogP contribution in [0, 0.1) is 0 Å². The third kappa shape index (κ3) is 2.49. The van der Waals surface area contributed by atoms with Crippen molar-refractivity contribution in [1.29, 1.82) is 0 Å². The number of carbonyl (C=O) groups excluding carboxylic acids is 1. The average Bonchev–Trinajstić information content (AvgIpc) is 2.63. The minimum Gasteiger partial charge on any atom is -0.351 e. The van der Waals surface area contributed by atoms with Gasteiger partial charge in [0.05, 0.1) is 0 Å². The topological polar surface area (TPSA) is 34.0 Å². The third-order valence-corrected chi connectivity index (χ3v) is 1.97. The number of allylic oxidation sites excluding steroid dienone is 1. The first-order valence-corrected chi connectivity index (χ1v) is 4.83. The second kappa shape index (κ2) is 5.27. The van der Waals surface area contributed by atoms with Gasteiger partial charge in [-0.2, -0.15) is 0 Å². The lowest BCUT2D eigenvalue weighted by molar-refractivity contribution is 0.0946. The van der Waals surface area contributed by atoms with Crippen LogP contribution >= 0.6 is 0 Å². The maximum Gasteiger partial charge on any atom is 0.267 e. The molecule has 14 heavy (non-hydrogen) atoms. The molecule has 0 aliphatic heterocycles. The number of nitrogens with zero attached hydrogens (tertiary/aromatic N) is 1. The number of hydrogen-bond donors (Lipinski definition) is 1. The van der Waals surface area contributed by atoms with Crippen LogP contribution in [0.3, 0.4) is 0 Å². The Morgan fingerprint density at radius 1 is 1.71 bits per heavy atom. The monoisotopic (exact) mass is 192 g/mol. The summed E-state index contributed by atoms with van der Waals surface area (Å²) in [6, 6.07) is 3.71. The summed E-state index contributed by atoms with van der Waals surface area (Å²) >= 11 is 0. The van der Waals surface area contributed by atoms with Crippen molar-refractivity contribution in [1.82, 2.24) is 9.88 Å². The standard InChI is InChI=1S/C11H16N2O/c1-3-5-8-13-9-6-7-10(13)11(14)12-4-2/h3,6-7,9H,1,4-5,8H2,2H3,(H,12,14). The molecule has 3 heteroatoms. The Hall–Kier alpha value is -1.51. The van der Waals surface area contributed by atoms with Gasteiger partial charge in [-0.05, 0) is 25.5 Å². The normalized spacial score (nSPS) is 9.79. The maximum atomic E-state index is 11.5. The Labute approximate surface area is 84.4 Å². The lowest BCUT2D eigenvalue weighted by atomic mass is 10.3. The lowest BCUT2D eigenvalue weighted by Gasteiger charge is -2.07. The molecule has 0 bridgehead atoms. The molecule has 0 atom stereocenters. The molecule has 0 spiro atoms. The molecule has 0 aliphatic carbocycles. The van der Waals surface area contributed by atoms with Crippen molar-refractivity contribution in [3.05, 3.63) is 36.7 Å². The number of aryl methyl sites for hydroxylation is 1. The molecule has 0 radical (unpaired) electrons. The van der Waals surface area contributed by atoms with Gasteiger partial charge in [-0.15, -0.1) is 6.58 Å². The first-order chi connectivity index (χ1) is 6.79. The molecular formula is C11H16N2O. The largest absolute Gasteiger partial charge is 0.351 e. The molecule has 0 unspecified atom stereocenters. The summed E-state index contributed by atoms with van der Waals surface area (Å²) < 4.78 is 1.94. The first-order valence-electron chi connectivity index (χ1n) is 4.83. The highest BCUT2D eigenvalue weighted by Gasteiger charge is 2.08. The molecular weight excluding hydrogens is 176 g/mol. The molecule has 3 nitrogen and oxygen atoms in total. The van der Waals surface area contributed by atoms with Crippen molar-refractivity contribution in [3.63, 3.8) is 0 Å². The number of rotatable bonds is 5. The van der Waals surface area contributed by atoms with Gasteiger partial charge in [0, 0.05) is 19.3 Å². The molecule has 1 rings (SSSR count). The Bertz CT molecular complexity index is 315. The Kier molecular flexibility index (Phi) is 3.98. The Morgan fingerprint density at radius 3 is 3.14 bits per heavy atom. The van der Waals surface area contributed by atoms with Crippen LogP contribution in [-0.4, -0.2) is 17.0 Å². The summed E-state index contributed by atoms with van der Waals surface area (Å²) in [4.78, 5) is 11.5.